The van der Waals surface area contributed by atoms with Crippen molar-refractivity contribution in [3.05, 3.63) is 188 Å². The lowest BCUT2D eigenvalue weighted by molar-refractivity contribution is 0.620. The summed E-state index contributed by atoms with van der Waals surface area (Å²) >= 11 is 0. The third-order valence-corrected chi connectivity index (χ3v) is 9.80. The molecule has 0 radical (unpaired) electrons. The van der Waals surface area contributed by atoms with Crippen LogP contribution >= 0.6 is 0 Å². The average molecular weight is 654 g/mol. The van der Waals surface area contributed by atoms with E-state index < -0.39 is 0 Å². The minimum Gasteiger partial charge on any atom is -0.436 e. The van der Waals surface area contributed by atoms with Crippen molar-refractivity contribution in [3.63, 3.8) is 0 Å². The fraction of sp³-hybridized carbons (Fsp3) is 0. The molecule has 4 nitrogen and oxygen atoms in total. The molecule has 0 aliphatic rings. The summed E-state index contributed by atoms with van der Waals surface area (Å²) in [6.07, 6.45) is 0. The number of oxazole rings is 1. The maximum absolute atomic E-state index is 6.38. The number of hydrogen-bond acceptors (Lipinski definition) is 3. The first-order valence-corrected chi connectivity index (χ1v) is 17.2. The fourth-order valence-electron chi connectivity index (χ4n) is 7.47. The molecule has 0 saturated heterocycles. The minimum atomic E-state index is 0.630. The van der Waals surface area contributed by atoms with E-state index in [2.05, 4.69) is 167 Å². The predicted molar refractivity (Wildman–Crippen MR) is 211 cm³/mol. The Morgan fingerprint density at radius 1 is 0.431 bits per heavy atom. The molecule has 2 heterocycles. The van der Waals surface area contributed by atoms with Crippen molar-refractivity contribution in [1.29, 1.82) is 0 Å². The van der Waals surface area contributed by atoms with Gasteiger partial charge < -0.3 is 13.9 Å². The quantitative estimate of drug-likeness (QED) is 0.179. The van der Waals surface area contributed by atoms with E-state index in [0.717, 1.165) is 61.3 Å². The van der Waals surface area contributed by atoms with Gasteiger partial charge in [0.15, 0.2) is 5.58 Å². The Bertz CT molecular complexity index is 2840. The van der Waals surface area contributed by atoms with Crippen LogP contribution < -0.4 is 4.90 Å². The van der Waals surface area contributed by atoms with E-state index in [1.807, 2.05) is 30.3 Å². The van der Waals surface area contributed by atoms with Crippen LogP contribution in [0.1, 0.15) is 0 Å². The van der Waals surface area contributed by atoms with E-state index in [9.17, 15) is 0 Å². The third-order valence-electron chi connectivity index (χ3n) is 9.80. The van der Waals surface area contributed by atoms with Crippen molar-refractivity contribution in [3.8, 4) is 28.3 Å². The van der Waals surface area contributed by atoms with Crippen molar-refractivity contribution >= 4 is 60.7 Å². The Kier molecular flexibility index (Phi) is 6.78. The zero-order chi connectivity index (χ0) is 33.7. The first-order valence-electron chi connectivity index (χ1n) is 17.2. The second-order valence-corrected chi connectivity index (χ2v) is 12.8. The van der Waals surface area contributed by atoms with Crippen molar-refractivity contribution < 1.29 is 4.42 Å². The number of anilines is 3. The maximum atomic E-state index is 6.38. The Labute approximate surface area is 295 Å². The fourth-order valence-corrected chi connectivity index (χ4v) is 7.47. The summed E-state index contributed by atoms with van der Waals surface area (Å²) in [6, 6.07) is 66.2. The smallest absolute Gasteiger partial charge is 0.227 e. The number of benzene rings is 8. The van der Waals surface area contributed by atoms with Gasteiger partial charge in [-0.05, 0) is 89.3 Å². The highest BCUT2D eigenvalue weighted by molar-refractivity contribution is 6.12. The van der Waals surface area contributed by atoms with Crippen molar-refractivity contribution in [2.75, 3.05) is 4.90 Å². The average Bonchev–Trinajstić information content (AvgIpc) is 3.79. The van der Waals surface area contributed by atoms with E-state index in [1.54, 1.807) is 0 Å². The van der Waals surface area contributed by atoms with Crippen LogP contribution in [0.4, 0.5) is 17.1 Å². The molecule has 0 amide bonds. The minimum absolute atomic E-state index is 0.630. The van der Waals surface area contributed by atoms with Crippen LogP contribution in [0.2, 0.25) is 0 Å². The van der Waals surface area contributed by atoms with Crippen LogP contribution in [0.25, 0.3) is 71.9 Å². The van der Waals surface area contributed by atoms with Crippen molar-refractivity contribution in [1.82, 2.24) is 9.55 Å². The molecular weight excluding hydrogens is 623 g/mol. The molecule has 0 aliphatic heterocycles. The zero-order valence-corrected chi connectivity index (χ0v) is 27.6. The molecular formula is C47H31N3O. The number of aromatic nitrogens is 2. The van der Waals surface area contributed by atoms with Gasteiger partial charge in [-0.3, -0.25) is 0 Å². The summed E-state index contributed by atoms with van der Waals surface area (Å²) in [7, 11) is 0. The predicted octanol–water partition coefficient (Wildman–Crippen LogP) is 12.9. The lowest BCUT2D eigenvalue weighted by Crippen LogP contribution is -2.10. The zero-order valence-electron chi connectivity index (χ0n) is 27.6. The van der Waals surface area contributed by atoms with Gasteiger partial charge in [-0.25, -0.2) is 4.98 Å². The molecule has 8 aromatic carbocycles. The van der Waals surface area contributed by atoms with Crippen LogP contribution in [0.3, 0.4) is 0 Å². The Balaban J connectivity index is 1.11. The molecule has 0 N–H and O–H groups in total. The number of rotatable bonds is 6. The van der Waals surface area contributed by atoms with Gasteiger partial charge in [-0.1, -0.05) is 115 Å². The van der Waals surface area contributed by atoms with E-state index in [-0.39, 0.29) is 0 Å². The van der Waals surface area contributed by atoms with E-state index in [0.29, 0.717) is 5.89 Å². The van der Waals surface area contributed by atoms with Crippen LogP contribution in [-0.2, 0) is 0 Å². The molecule has 0 atom stereocenters. The van der Waals surface area contributed by atoms with Gasteiger partial charge in [0.1, 0.15) is 5.52 Å². The lowest BCUT2D eigenvalue weighted by atomic mass is 9.97. The van der Waals surface area contributed by atoms with Crippen LogP contribution in [0, 0.1) is 0 Å². The Hall–Kier alpha value is -6.91. The molecule has 0 unspecified atom stereocenters. The van der Waals surface area contributed by atoms with Gasteiger partial charge in [-0.15, -0.1) is 0 Å². The summed E-state index contributed by atoms with van der Waals surface area (Å²) in [4.78, 5) is 7.27. The summed E-state index contributed by atoms with van der Waals surface area (Å²) in [6.45, 7) is 0. The van der Waals surface area contributed by atoms with E-state index >= 15 is 0 Å². The molecule has 240 valence electrons. The topological polar surface area (TPSA) is 34.2 Å². The highest BCUT2D eigenvalue weighted by atomic mass is 16.3. The molecule has 4 heteroatoms. The summed E-state index contributed by atoms with van der Waals surface area (Å²) < 4.78 is 8.75. The standard InChI is InChI=1S/C47H31N3O/c1-4-14-33(15-5-1)47-48-46-41-22-11-10-20-38(41)42(31-45(46)51-47)32-24-26-36(27-25-32)49(34-16-6-2-7-17-34)37-28-29-40-39-21-12-13-23-43(39)50(44(40)30-37)35-18-8-3-9-19-35/h1-31H. The number of para-hydroxylation sites is 3. The maximum Gasteiger partial charge on any atom is 0.227 e. The summed E-state index contributed by atoms with van der Waals surface area (Å²) in [5.41, 5.74) is 11.6. The SMILES string of the molecule is c1ccc(-c2nc3c(cc(-c4ccc(N(c5ccccc5)c5ccc6c7ccccc7n(-c7ccccc7)c6c5)cc4)c4ccccc43)o2)cc1. The molecule has 0 saturated carbocycles. The molecule has 0 spiro atoms. The Morgan fingerprint density at radius 3 is 1.78 bits per heavy atom. The highest BCUT2D eigenvalue weighted by Crippen LogP contribution is 2.41. The molecule has 10 rings (SSSR count). The van der Waals surface area contributed by atoms with E-state index in [4.69, 9.17) is 9.40 Å². The van der Waals surface area contributed by atoms with Gasteiger partial charge in [0.05, 0.1) is 11.0 Å². The number of nitrogens with zero attached hydrogens (tertiary/aromatic N) is 3. The molecule has 0 bridgehead atoms. The van der Waals surface area contributed by atoms with Crippen molar-refractivity contribution in [2.45, 2.75) is 0 Å². The van der Waals surface area contributed by atoms with Crippen LogP contribution in [0.15, 0.2) is 192 Å². The van der Waals surface area contributed by atoms with Gasteiger partial charge in [0.2, 0.25) is 5.89 Å². The normalized spacial score (nSPS) is 11.5. The monoisotopic (exact) mass is 653 g/mol. The second-order valence-electron chi connectivity index (χ2n) is 12.8. The molecule has 2 aromatic heterocycles. The van der Waals surface area contributed by atoms with Crippen LogP contribution in [-0.4, -0.2) is 9.55 Å². The second kappa shape index (κ2) is 11.9. The van der Waals surface area contributed by atoms with Gasteiger partial charge in [-0.2, -0.15) is 0 Å². The summed E-state index contributed by atoms with van der Waals surface area (Å²) in [5, 5.41) is 4.69. The third kappa shape index (κ3) is 4.88. The Morgan fingerprint density at radius 2 is 1.02 bits per heavy atom. The summed E-state index contributed by atoms with van der Waals surface area (Å²) in [5.74, 6) is 0.630. The first kappa shape index (κ1) is 29.0. The molecule has 10 aromatic rings. The molecule has 0 aliphatic carbocycles. The highest BCUT2D eigenvalue weighted by Gasteiger charge is 2.19. The van der Waals surface area contributed by atoms with Crippen LogP contribution in [0.5, 0.6) is 0 Å². The van der Waals surface area contributed by atoms with Gasteiger partial charge in [0.25, 0.3) is 0 Å². The lowest BCUT2D eigenvalue weighted by Gasteiger charge is -2.26. The number of hydrogen-bond donors (Lipinski definition) is 0. The number of fused-ring (bicyclic) bond motifs is 6. The first-order chi connectivity index (χ1) is 25.3. The largest absolute Gasteiger partial charge is 0.436 e. The molecule has 51 heavy (non-hydrogen) atoms. The van der Waals surface area contributed by atoms with Gasteiger partial charge in [0, 0.05) is 44.5 Å². The molecule has 0 fully saturated rings. The van der Waals surface area contributed by atoms with Crippen molar-refractivity contribution in [2.24, 2.45) is 0 Å². The van der Waals surface area contributed by atoms with E-state index in [1.165, 1.54) is 21.8 Å². The van der Waals surface area contributed by atoms with Gasteiger partial charge >= 0.3 is 0 Å².